The molecule has 0 aliphatic rings. The van der Waals surface area contributed by atoms with E-state index in [4.69, 9.17) is 4.74 Å². The molecule has 3 rings (SSSR count). The molecule has 2 atom stereocenters. The van der Waals surface area contributed by atoms with Gasteiger partial charge < -0.3 is 10.1 Å². The van der Waals surface area contributed by atoms with Gasteiger partial charge in [0.1, 0.15) is 17.5 Å². The van der Waals surface area contributed by atoms with Gasteiger partial charge in [0.15, 0.2) is 0 Å². The SMILES string of the molecule is CC[C@@H](NC(=O)[C@H](C)N(c1ccc(Oc2ccccc2)cc1)S(C)(=O)=O)c1ccccc1. The Kier molecular flexibility index (Phi) is 7.53. The minimum absolute atomic E-state index is 0.200. The zero-order valence-electron chi connectivity index (χ0n) is 18.4. The lowest BCUT2D eigenvalue weighted by atomic mass is 10.0. The maximum atomic E-state index is 13.0. The monoisotopic (exact) mass is 452 g/mol. The Balaban J connectivity index is 1.79. The maximum Gasteiger partial charge on any atom is 0.244 e. The molecular weight excluding hydrogens is 424 g/mol. The van der Waals surface area contributed by atoms with Crippen molar-refractivity contribution < 1.29 is 17.9 Å². The van der Waals surface area contributed by atoms with Crippen LogP contribution in [0.3, 0.4) is 0 Å². The second-order valence-electron chi connectivity index (χ2n) is 7.52. The van der Waals surface area contributed by atoms with Crippen LogP contribution in [0.5, 0.6) is 11.5 Å². The van der Waals surface area contributed by atoms with Gasteiger partial charge in [-0.2, -0.15) is 0 Å². The molecule has 0 saturated carbocycles. The van der Waals surface area contributed by atoms with E-state index in [9.17, 15) is 13.2 Å². The summed E-state index contributed by atoms with van der Waals surface area (Å²) in [4.78, 5) is 13.0. The van der Waals surface area contributed by atoms with Crippen LogP contribution in [0.15, 0.2) is 84.9 Å². The molecule has 168 valence electrons. The van der Waals surface area contributed by atoms with Crippen molar-refractivity contribution >= 4 is 21.6 Å². The molecule has 3 aromatic carbocycles. The molecule has 0 aromatic heterocycles. The molecule has 3 aromatic rings. The van der Waals surface area contributed by atoms with Crippen molar-refractivity contribution in [2.45, 2.75) is 32.4 Å². The number of ether oxygens (including phenoxy) is 1. The minimum Gasteiger partial charge on any atom is -0.457 e. The van der Waals surface area contributed by atoms with Crippen LogP contribution >= 0.6 is 0 Å². The molecule has 32 heavy (non-hydrogen) atoms. The summed E-state index contributed by atoms with van der Waals surface area (Å²) in [6, 6.07) is 24.4. The van der Waals surface area contributed by atoms with Crippen LogP contribution in [0, 0.1) is 0 Å². The highest BCUT2D eigenvalue weighted by Gasteiger charge is 2.30. The number of hydrogen-bond acceptors (Lipinski definition) is 4. The largest absolute Gasteiger partial charge is 0.457 e. The first-order valence-corrected chi connectivity index (χ1v) is 12.3. The van der Waals surface area contributed by atoms with E-state index < -0.39 is 16.1 Å². The highest BCUT2D eigenvalue weighted by Crippen LogP contribution is 2.27. The summed E-state index contributed by atoms with van der Waals surface area (Å²) < 4.78 is 32.1. The quantitative estimate of drug-likeness (QED) is 0.501. The number of amides is 1. The van der Waals surface area contributed by atoms with Crippen molar-refractivity contribution in [3.63, 3.8) is 0 Å². The fraction of sp³-hybridized carbons (Fsp3) is 0.240. The molecule has 0 saturated heterocycles. The van der Waals surface area contributed by atoms with Crippen molar-refractivity contribution in [2.24, 2.45) is 0 Å². The second-order valence-corrected chi connectivity index (χ2v) is 9.38. The summed E-state index contributed by atoms with van der Waals surface area (Å²) in [5.41, 5.74) is 1.37. The molecular formula is C25H28N2O4S. The van der Waals surface area contributed by atoms with Crippen LogP contribution in [0.1, 0.15) is 31.9 Å². The lowest BCUT2D eigenvalue weighted by molar-refractivity contribution is -0.122. The number of para-hydroxylation sites is 1. The van der Waals surface area contributed by atoms with Gasteiger partial charge in [0, 0.05) is 0 Å². The third kappa shape index (κ3) is 5.88. The Morgan fingerprint density at radius 3 is 1.97 bits per heavy atom. The van der Waals surface area contributed by atoms with E-state index in [1.54, 1.807) is 31.2 Å². The van der Waals surface area contributed by atoms with E-state index in [0.29, 0.717) is 23.6 Å². The molecule has 1 amide bonds. The van der Waals surface area contributed by atoms with Crippen molar-refractivity contribution in [1.29, 1.82) is 0 Å². The Bertz CT molecular complexity index is 1120. The summed E-state index contributed by atoms with van der Waals surface area (Å²) in [5.74, 6) is 0.885. The van der Waals surface area contributed by atoms with Gasteiger partial charge in [-0.1, -0.05) is 55.5 Å². The van der Waals surface area contributed by atoms with Gasteiger partial charge in [-0.3, -0.25) is 9.10 Å². The summed E-state index contributed by atoms with van der Waals surface area (Å²) in [6.07, 6.45) is 1.78. The normalized spacial score (nSPS) is 13.1. The zero-order valence-corrected chi connectivity index (χ0v) is 19.2. The first kappa shape index (κ1) is 23.3. The van der Waals surface area contributed by atoms with E-state index in [0.717, 1.165) is 16.1 Å². The molecule has 0 aliphatic carbocycles. The summed E-state index contributed by atoms with van der Waals surface area (Å²) in [5, 5.41) is 2.98. The van der Waals surface area contributed by atoms with Crippen molar-refractivity contribution in [3.05, 3.63) is 90.5 Å². The van der Waals surface area contributed by atoms with Gasteiger partial charge in [-0.15, -0.1) is 0 Å². The predicted octanol–water partition coefficient (Wildman–Crippen LogP) is 4.90. The fourth-order valence-electron chi connectivity index (χ4n) is 3.49. The van der Waals surface area contributed by atoms with Gasteiger partial charge in [0.25, 0.3) is 0 Å². The number of hydrogen-bond donors (Lipinski definition) is 1. The van der Waals surface area contributed by atoms with Crippen molar-refractivity contribution in [3.8, 4) is 11.5 Å². The first-order valence-electron chi connectivity index (χ1n) is 10.5. The highest BCUT2D eigenvalue weighted by molar-refractivity contribution is 7.92. The number of nitrogens with one attached hydrogen (secondary N) is 1. The molecule has 0 spiro atoms. The topological polar surface area (TPSA) is 75.7 Å². The van der Waals surface area contributed by atoms with Crippen LogP contribution in [0.25, 0.3) is 0 Å². The van der Waals surface area contributed by atoms with Crippen LogP contribution in [-0.4, -0.2) is 26.6 Å². The second kappa shape index (κ2) is 10.3. The Hall–Kier alpha value is -3.32. The average Bonchev–Trinajstić information content (AvgIpc) is 2.79. The van der Waals surface area contributed by atoms with Crippen LogP contribution in [0.4, 0.5) is 5.69 Å². The number of rotatable bonds is 9. The molecule has 0 unspecified atom stereocenters. The van der Waals surface area contributed by atoms with Crippen LogP contribution in [-0.2, 0) is 14.8 Å². The Labute approximate surface area is 189 Å². The number of benzene rings is 3. The van der Waals surface area contributed by atoms with Crippen LogP contribution < -0.4 is 14.4 Å². The van der Waals surface area contributed by atoms with E-state index in [-0.39, 0.29) is 11.9 Å². The van der Waals surface area contributed by atoms with Crippen LogP contribution in [0.2, 0.25) is 0 Å². The molecule has 0 radical (unpaired) electrons. The van der Waals surface area contributed by atoms with E-state index in [1.807, 2.05) is 67.6 Å². The maximum absolute atomic E-state index is 13.0. The third-order valence-corrected chi connectivity index (χ3v) is 6.33. The van der Waals surface area contributed by atoms with Gasteiger partial charge >= 0.3 is 0 Å². The fourth-order valence-corrected chi connectivity index (χ4v) is 4.67. The summed E-state index contributed by atoms with van der Waals surface area (Å²) >= 11 is 0. The van der Waals surface area contributed by atoms with Gasteiger partial charge in [0.05, 0.1) is 18.0 Å². The zero-order chi connectivity index (χ0) is 23.1. The molecule has 0 bridgehead atoms. The average molecular weight is 453 g/mol. The molecule has 6 nitrogen and oxygen atoms in total. The predicted molar refractivity (Wildman–Crippen MR) is 127 cm³/mol. The Morgan fingerprint density at radius 2 is 1.44 bits per heavy atom. The number of carbonyl (C=O) groups is 1. The Morgan fingerprint density at radius 1 is 0.906 bits per heavy atom. The van der Waals surface area contributed by atoms with Gasteiger partial charge in [-0.05, 0) is 55.3 Å². The third-order valence-electron chi connectivity index (χ3n) is 5.09. The van der Waals surface area contributed by atoms with Crippen molar-refractivity contribution in [2.75, 3.05) is 10.6 Å². The molecule has 1 N–H and O–H groups in total. The first-order chi connectivity index (χ1) is 15.3. The summed E-state index contributed by atoms with van der Waals surface area (Å²) in [6.45, 7) is 3.56. The smallest absolute Gasteiger partial charge is 0.244 e. The van der Waals surface area contributed by atoms with E-state index in [1.165, 1.54) is 0 Å². The lowest BCUT2D eigenvalue weighted by Crippen LogP contribution is -2.48. The van der Waals surface area contributed by atoms with Gasteiger partial charge in [0.2, 0.25) is 15.9 Å². The molecule has 0 aliphatic heterocycles. The van der Waals surface area contributed by atoms with Crippen molar-refractivity contribution in [1.82, 2.24) is 5.32 Å². The number of carbonyl (C=O) groups excluding carboxylic acids is 1. The van der Waals surface area contributed by atoms with E-state index in [2.05, 4.69) is 5.32 Å². The molecule has 0 fully saturated rings. The minimum atomic E-state index is -3.71. The van der Waals surface area contributed by atoms with E-state index >= 15 is 0 Å². The summed E-state index contributed by atoms with van der Waals surface area (Å²) in [7, 11) is -3.71. The highest BCUT2D eigenvalue weighted by atomic mass is 32.2. The molecule has 0 heterocycles. The standard InChI is InChI=1S/C25H28N2O4S/c1-4-24(20-11-7-5-8-12-20)26-25(28)19(2)27(32(3,29)30)21-15-17-23(18-16-21)31-22-13-9-6-10-14-22/h5-19,24H,4H2,1-3H3,(H,26,28)/t19-,24+/m0/s1. The number of sulfonamides is 1. The number of nitrogens with zero attached hydrogens (tertiary/aromatic N) is 1. The number of anilines is 1. The van der Waals surface area contributed by atoms with Gasteiger partial charge in [-0.25, -0.2) is 8.42 Å². The molecule has 7 heteroatoms. The lowest BCUT2D eigenvalue weighted by Gasteiger charge is -2.30.